The number of sulfonamides is 1. The zero-order chi connectivity index (χ0) is 34.3. The molecule has 0 heterocycles. The number of benzene rings is 3. The molecule has 248 valence electrons. The van der Waals surface area contributed by atoms with E-state index < -0.39 is 49.9 Å². The van der Waals surface area contributed by atoms with Crippen molar-refractivity contribution in [3.63, 3.8) is 0 Å². The molecule has 11 nitrogen and oxygen atoms in total. The van der Waals surface area contributed by atoms with Crippen LogP contribution in [-0.2, 0) is 26.2 Å². The highest BCUT2D eigenvalue weighted by atomic mass is 35.5. The number of nitrogens with one attached hydrogen (secondary N) is 1. The molecule has 0 fully saturated rings. The quantitative estimate of drug-likeness (QED) is 0.146. The van der Waals surface area contributed by atoms with E-state index in [-0.39, 0.29) is 45.9 Å². The molecule has 3 rings (SSSR count). The van der Waals surface area contributed by atoms with E-state index in [0.717, 1.165) is 10.4 Å². The first-order valence-electron chi connectivity index (χ1n) is 14.2. The van der Waals surface area contributed by atoms with Gasteiger partial charge in [0.25, 0.3) is 15.7 Å². The van der Waals surface area contributed by atoms with Crippen LogP contribution >= 0.6 is 34.8 Å². The number of aryl methyl sites for hydroxylation is 1. The average Bonchev–Trinajstić information content (AvgIpc) is 3.00. The van der Waals surface area contributed by atoms with E-state index >= 15 is 0 Å². The number of halogens is 3. The Balaban J connectivity index is 2.19. The average molecular weight is 714 g/mol. The van der Waals surface area contributed by atoms with Gasteiger partial charge in [-0.3, -0.25) is 24.0 Å². The van der Waals surface area contributed by atoms with Gasteiger partial charge < -0.3 is 15.0 Å². The number of hydrogen-bond donors (Lipinski definition) is 1. The van der Waals surface area contributed by atoms with Crippen molar-refractivity contribution in [3.8, 4) is 5.75 Å². The molecule has 0 bridgehead atoms. The Kier molecular flexibility index (Phi) is 12.7. The Labute approximate surface area is 283 Å². The lowest BCUT2D eigenvalue weighted by Crippen LogP contribution is -2.52. The smallest absolute Gasteiger partial charge is 0.273 e. The first kappa shape index (κ1) is 36.9. The zero-order valence-electron chi connectivity index (χ0n) is 25.9. The number of nitrogens with zero attached hydrogens (tertiary/aromatic N) is 3. The molecule has 0 aliphatic carbocycles. The summed E-state index contributed by atoms with van der Waals surface area (Å²) in [5, 5.41) is 15.2. The van der Waals surface area contributed by atoms with Gasteiger partial charge in [0.05, 0.1) is 32.7 Å². The molecular formula is C31H35Cl3N4O7S. The van der Waals surface area contributed by atoms with Gasteiger partial charge in [0.15, 0.2) is 0 Å². The lowest BCUT2D eigenvalue weighted by atomic mass is 10.1. The van der Waals surface area contributed by atoms with E-state index in [2.05, 4.69) is 5.32 Å². The van der Waals surface area contributed by atoms with Crippen LogP contribution in [0.4, 0.5) is 11.4 Å². The fourth-order valence-corrected chi connectivity index (χ4v) is 6.55. The molecule has 0 saturated carbocycles. The number of methoxy groups -OCH3 is 1. The molecule has 0 aliphatic heterocycles. The fourth-order valence-electron chi connectivity index (χ4n) is 4.62. The Morgan fingerprint density at radius 1 is 1.02 bits per heavy atom. The van der Waals surface area contributed by atoms with Gasteiger partial charge in [-0.1, -0.05) is 67.7 Å². The van der Waals surface area contributed by atoms with Crippen molar-refractivity contribution < 1.29 is 27.7 Å². The third-order valence-corrected chi connectivity index (χ3v) is 9.79. The van der Waals surface area contributed by atoms with Gasteiger partial charge in [0.2, 0.25) is 11.8 Å². The Hall–Kier alpha value is -3.58. The molecule has 0 aliphatic rings. The van der Waals surface area contributed by atoms with Crippen LogP contribution < -0.4 is 14.4 Å². The Morgan fingerprint density at radius 3 is 2.30 bits per heavy atom. The second kappa shape index (κ2) is 15.8. The van der Waals surface area contributed by atoms with E-state index in [1.807, 2.05) is 13.8 Å². The minimum atomic E-state index is -4.66. The van der Waals surface area contributed by atoms with Crippen molar-refractivity contribution in [3.05, 3.63) is 90.9 Å². The summed E-state index contributed by atoms with van der Waals surface area (Å²) in [6, 6.07) is 11.4. The van der Waals surface area contributed by atoms with Crippen molar-refractivity contribution in [1.29, 1.82) is 0 Å². The highest BCUT2D eigenvalue weighted by Gasteiger charge is 2.35. The summed E-state index contributed by atoms with van der Waals surface area (Å²) in [6.45, 7) is 6.50. The van der Waals surface area contributed by atoms with Crippen molar-refractivity contribution in [2.45, 2.75) is 51.6 Å². The number of nitro benzene ring substituents is 1. The lowest BCUT2D eigenvalue weighted by molar-refractivity contribution is -0.385. The highest BCUT2D eigenvalue weighted by molar-refractivity contribution is 7.92. The predicted molar refractivity (Wildman–Crippen MR) is 179 cm³/mol. The molecule has 0 unspecified atom stereocenters. The fraction of sp³-hybridized carbons (Fsp3) is 0.355. The van der Waals surface area contributed by atoms with Gasteiger partial charge in [-0.25, -0.2) is 8.42 Å². The number of carbonyl (C=O) groups is 2. The molecular weight excluding hydrogens is 679 g/mol. The van der Waals surface area contributed by atoms with E-state index in [1.165, 1.54) is 49.3 Å². The van der Waals surface area contributed by atoms with Crippen LogP contribution in [-0.4, -0.2) is 56.3 Å². The van der Waals surface area contributed by atoms with E-state index in [4.69, 9.17) is 39.5 Å². The minimum absolute atomic E-state index is 0.0696. The molecule has 15 heteroatoms. The van der Waals surface area contributed by atoms with Crippen molar-refractivity contribution in [2.75, 3.05) is 24.5 Å². The summed E-state index contributed by atoms with van der Waals surface area (Å²) in [7, 11) is -3.34. The van der Waals surface area contributed by atoms with Gasteiger partial charge >= 0.3 is 0 Å². The van der Waals surface area contributed by atoms with Gasteiger partial charge in [-0.15, -0.1) is 0 Å². The van der Waals surface area contributed by atoms with Gasteiger partial charge in [0.1, 0.15) is 18.3 Å². The standard InChI is InChI=1S/C31H35Cl3N4O7S/c1-6-26(31(40)35-16-19(2)3)36(17-21-8-11-24(33)25(34)13-21)30(39)18-37(28-14-22(32)9-12-29(28)45-5)46(43,44)23-10-7-20(4)27(15-23)38(41)42/h7-15,19,26H,6,16-18H2,1-5H3,(H,35,40)/t26-/m0/s1. The first-order chi connectivity index (χ1) is 21.6. The van der Waals surface area contributed by atoms with Crippen LogP contribution in [0.2, 0.25) is 15.1 Å². The van der Waals surface area contributed by atoms with Crippen molar-refractivity contribution >= 4 is 68.0 Å². The summed E-state index contributed by atoms with van der Waals surface area (Å²) in [4.78, 5) is 39.5. The second-order valence-electron chi connectivity index (χ2n) is 10.9. The number of nitro groups is 1. The molecule has 3 aromatic carbocycles. The normalized spacial score (nSPS) is 12.0. The van der Waals surface area contributed by atoms with E-state index in [9.17, 15) is 28.1 Å². The monoisotopic (exact) mass is 712 g/mol. The molecule has 1 N–H and O–H groups in total. The third kappa shape index (κ3) is 8.81. The third-order valence-electron chi connectivity index (χ3n) is 7.06. The van der Waals surface area contributed by atoms with Gasteiger partial charge in [-0.2, -0.15) is 0 Å². The van der Waals surface area contributed by atoms with Crippen LogP contribution in [0.15, 0.2) is 59.5 Å². The van der Waals surface area contributed by atoms with Crippen LogP contribution in [0.25, 0.3) is 0 Å². The number of carbonyl (C=O) groups excluding carboxylic acids is 2. The Bertz CT molecular complexity index is 1720. The SMILES string of the molecule is CC[C@@H](C(=O)NCC(C)C)N(Cc1ccc(Cl)c(Cl)c1)C(=O)CN(c1cc(Cl)ccc1OC)S(=O)(=O)c1ccc(C)c([N+](=O)[O-])c1. The highest BCUT2D eigenvalue weighted by Crippen LogP contribution is 2.36. The van der Waals surface area contributed by atoms with Crippen molar-refractivity contribution in [2.24, 2.45) is 5.92 Å². The maximum atomic E-state index is 14.3. The summed E-state index contributed by atoms with van der Waals surface area (Å²) >= 11 is 18.6. The molecule has 3 aromatic rings. The van der Waals surface area contributed by atoms with Crippen LogP contribution in [0.5, 0.6) is 5.75 Å². The van der Waals surface area contributed by atoms with Crippen LogP contribution in [0, 0.1) is 23.0 Å². The van der Waals surface area contributed by atoms with Gasteiger partial charge in [0, 0.05) is 29.7 Å². The second-order valence-corrected chi connectivity index (χ2v) is 14.0. The molecule has 0 saturated heterocycles. The summed E-state index contributed by atoms with van der Waals surface area (Å²) < 4.78 is 34.7. The summed E-state index contributed by atoms with van der Waals surface area (Å²) in [5.74, 6) is -0.964. The summed E-state index contributed by atoms with van der Waals surface area (Å²) in [5.41, 5.74) is 0.289. The maximum absolute atomic E-state index is 14.3. The van der Waals surface area contributed by atoms with Crippen LogP contribution in [0.3, 0.4) is 0 Å². The zero-order valence-corrected chi connectivity index (χ0v) is 29.0. The molecule has 0 radical (unpaired) electrons. The summed E-state index contributed by atoms with van der Waals surface area (Å²) in [6.07, 6.45) is 0.203. The van der Waals surface area contributed by atoms with E-state index in [1.54, 1.807) is 25.1 Å². The Morgan fingerprint density at radius 2 is 1.72 bits per heavy atom. The van der Waals surface area contributed by atoms with Crippen LogP contribution in [0.1, 0.15) is 38.3 Å². The predicted octanol–water partition coefficient (Wildman–Crippen LogP) is 6.65. The molecule has 2 amide bonds. The molecule has 0 spiro atoms. The number of ether oxygens (including phenoxy) is 1. The number of hydrogen-bond acceptors (Lipinski definition) is 7. The first-order valence-corrected chi connectivity index (χ1v) is 16.8. The number of anilines is 1. The minimum Gasteiger partial charge on any atom is -0.495 e. The lowest BCUT2D eigenvalue weighted by Gasteiger charge is -2.33. The van der Waals surface area contributed by atoms with E-state index in [0.29, 0.717) is 17.1 Å². The molecule has 1 atom stereocenters. The van der Waals surface area contributed by atoms with Crippen molar-refractivity contribution in [1.82, 2.24) is 10.2 Å². The number of rotatable bonds is 14. The largest absolute Gasteiger partial charge is 0.495 e. The molecule has 46 heavy (non-hydrogen) atoms. The van der Waals surface area contributed by atoms with Gasteiger partial charge in [-0.05, 0) is 61.2 Å². The maximum Gasteiger partial charge on any atom is 0.273 e. The molecule has 0 aromatic heterocycles. The topological polar surface area (TPSA) is 139 Å². The number of amides is 2.